The second kappa shape index (κ2) is 5.14. The first-order valence-electron chi connectivity index (χ1n) is 5.54. The van der Waals surface area contributed by atoms with E-state index in [1.54, 1.807) is 12.1 Å². The van der Waals surface area contributed by atoms with Gasteiger partial charge in [-0.2, -0.15) is 0 Å². The smallest absolute Gasteiger partial charge is 0.260 e. The van der Waals surface area contributed by atoms with Gasteiger partial charge < -0.3 is 15.5 Å². The molecule has 18 heavy (non-hydrogen) atoms. The van der Waals surface area contributed by atoms with E-state index in [1.165, 1.54) is 12.3 Å². The maximum atomic E-state index is 11.9. The van der Waals surface area contributed by atoms with Crippen LogP contribution in [0.4, 0.5) is 11.4 Å². The lowest BCUT2D eigenvalue weighted by atomic mass is 10.1. The number of anilines is 2. The van der Waals surface area contributed by atoms with Crippen LogP contribution in [0.15, 0.2) is 34.9 Å². The Hall–Kier alpha value is -1.94. The van der Waals surface area contributed by atoms with E-state index < -0.39 is 0 Å². The first-order valence-corrected chi connectivity index (χ1v) is 5.92. The monoisotopic (exact) mass is 264 g/mol. The van der Waals surface area contributed by atoms with Crippen LogP contribution >= 0.6 is 11.6 Å². The number of nitrogens with one attached hydrogen (secondary N) is 1. The average molecular weight is 265 g/mol. The number of halogens is 1. The molecule has 0 unspecified atom stereocenters. The molecule has 0 saturated heterocycles. The van der Waals surface area contributed by atoms with Gasteiger partial charge in [0.15, 0.2) is 0 Å². The van der Waals surface area contributed by atoms with Gasteiger partial charge in [0.25, 0.3) is 5.91 Å². The SMILES string of the molecule is CCc1ccc(NC(=O)c2ccoc2Cl)cc1N. The molecule has 0 aliphatic rings. The molecule has 1 heterocycles. The number of carbonyl (C=O) groups is 1. The molecule has 0 radical (unpaired) electrons. The highest BCUT2D eigenvalue weighted by Crippen LogP contribution is 2.21. The maximum absolute atomic E-state index is 11.9. The normalized spacial score (nSPS) is 10.3. The Balaban J connectivity index is 2.17. The third-order valence-corrected chi connectivity index (χ3v) is 2.94. The number of nitrogen functional groups attached to an aromatic ring is 1. The summed E-state index contributed by atoms with van der Waals surface area (Å²) in [6, 6.07) is 6.94. The summed E-state index contributed by atoms with van der Waals surface area (Å²) in [6.45, 7) is 2.02. The van der Waals surface area contributed by atoms with E-state index in [9.17, 15) is 4.79 Å². The summed E-state index contributed by atoms with van der Waals surface area (Å²) in [5, 5.41) is 2.79. The quantitative estimate of drug-likeness (QED) is 0.836. The molecule has 0 spiro atoms. The molecule has 0 atom stereocenters. The van der Waals surface area contributed by atoms with Crippen LogP contribution < -0.4 is 11.1 Å². The van der Waals surface area contributed by atoms with E-state index in [0.29, 0.717) is 16.9 Å². The number of furan rings is 1. The van der Waals surface area contributed by atoms with Crippen LogP contribution in [0.25, 0.3) is 0 Å². The number of nitrogens with two attached hydrogens (primary N) is 1. The van der Waals surface area contributed by atoms with Gasteiger partial charge in [0, 0.05) is 11.4 Å². The molecule has 0 aliphatic heterocycles. The van der Waals surface area contributed by atoms with Crippen molar-refractivity contribution in [1.29, 1.82) is 0 Å². The summed E-state index contributed by atoms with van der Waals surface area (Å²) < 4.78 is 4.86. The average Bonchev–Trinajstić information content (AvgIpc) is 2.76. The Bertz CT molecular complexity index is 578. The number of carbonyl (C=O) groups excluding carboxylic acids is 1. The zero-order chi connectivity index (χ0) is 13.1. The summed E-state index contributed by atoms with van der Waals surface area (Å²) in [6.07, 6.45) is 2.22. The topological polar surface area (TPSA) is 68.3 Å². The van der Waals surface area contributed by atoms with Gasteiger partial charge in [0.2, 0.25) is 5.22 Å². The predicted molar refractivity (Wildman–Crippen MR) is 71.9 cm³/mol. The van der Waals surface area contributed by atoms with Gasteiger partial charge in [0.05, 0.1) is 11.8 Å². The highest BCUT2D eigenvalue weighted by Gasteiger charge is 2.13. The molecular formula is C13H13ClN2O2. The van der Waals surface area contributed by atoms with Gasteiger partial charge in [-0.15, -0.1) is 0 Å². The van der Waals surface area contributed by atoms with Crippen molar-refractivity contribution in [2.24, 2.45) is 0 Å². The first kappa shape index (κ1) is 12.5. The lowest BCUT2D eigenvalue weighted by Gasteiger charge is -2.07. The van der Waals surface area contributed by atoms with Crippen LogP contribution in [0.3, 0.4) is 0 Å². The molecule has 94 valence electrons. The minimum absolute atomic E-state index is 0.0747. The van der Waals surface area contributed by atoms with Gasteiger partial charge in [0.1, 0.15) is 0 Å². The van der Waals surface area contributed by atoms with Crippen LogP contribution in [0.1, 0.15) is 22.8 Å². The van der Waals surface area contributed by atoms with E-state index in [1.807, 2.05) is 13.0 Å². The lowest BCUT2D eigenvalue weighted by Crippen LogP contribution is -2.11. The van der Waals surface area contributed by atoms with Crippen molar-refractivity contribution in [3.05, 3.63) is 46.9 Å². The fourth-order valence-corrected chi connectivity index (χ4v) is 1.85. The summed E-state index contributed by atoms with van der Waals surface area (Å²) in [7, 11) is 0. The number of aryl methyl sites for hydroxylation is 1. The second-order valence-electron chi connectivity index (χ2n) is 3.83. The molecule has 2 aromatic rings. The molecule has 1 amide bonds. The molecule has 0 bridgehead atoms. The fraction of sp³-hybridized carbons (Fsp3) is 0.154. The van der Waals surface area contributed by atoms with E-state index in [0.717, 1.165) is 12.0 Å². The highest BCUT2D eigenvalue weighted by molar-refractivity contribution is 6.32. The van der Waals surface area contributed by atoms with E-state index in [4.69, 9.17) is 21.8 Å². The predicted octanol–water partition coefficient (Wildman–Crippen LogP) is 3.33. The molecule has 1 aromatic carbocycles. The summed E-state index contributed by atoms with van der Waals surface area (Å²) in [5.41, 5.74) is 8.50. The first-order chi connectivity index (χ1) is 8.61. The zero-order valence-corrected chi connectivity index (χ0v) is 10.6. The maximum Gasteiger partial charge on any atom is 0.260 e. The molecular weight excluding hydrogens is 252 g/mol. The van der Waals surface area contributed by atoms with Crippen LogP contribution in [0.2, 0.25) is 5.22 Å². The number of benzene rings is 1. The molecule has 2 rings (SSSR count). The molecule has 5 heteroatoms. The van der Waals surface area contributed by atoms with E-state index in [-0.39, 0.29) is 11.1 Å². The Morgan fingerprint density at radius 2 is 2.22 bits per heavy atom. The molecule has 0 aliphatic carbocycles. The molecule has 0 saturated carbocycles. The van der Waals surface area contributed by atoms with E-state index >= 15 is 0 Å². The van der Waals surface area contributed by atoms with Gasteiger partial charge in [-0.05, 0) is 41.8 Å². The summed E-state index contributed by atoms with van der Waals surface area (Å²) >= 11 is 5.73. The Morgan fingerprint density at radius 1 is 1.44 bits per heavy atom. The largest absolute Gasteiger partial charge is 0.452 e. The van der Waals surface area contributed by atoms with Crippen molar-refractivity contribution in [2.45, 2.75) is 13.3 Å². The third kappa shape index (κ3) is 2.49. The van der Waals surface area contributed by atoms with Crippen LogP contribution in [0, 0.1) is 0 Å². The number of rotatable bonds is 3. The van der Waals surface area contributed by atoms with Crippen molar-refractivity contribution in [3.8, 4) is 0 Å². The summed E-state index contributed by atoms with van der Waals surface area (Å²) in [4.78, 5) is 11.9. The summed E-state index contributed by atoms with van der Waals surface area (Å²) in [5.74, 6) is -0.322. The van der Waals surface area contributed by atoms with Crippen molar-refractivity contribution in [3.63, 3.8) is 0 Å². The fourth-order valence-electron chi connectivity index (χ4n) is 1.65. The standard InChI is InChI=1S/C13H13ClN2O2/c1-2-8-3-4-9(7-11(8)15)16-13(17)10-5-6-18-12(10)14/h3-7H,2,15H2,1H3,(H,16,17). The number of hydrogen-bond acceptors (Lipinski definition) is 3. The van der Waals surface area contributed by atoms with Gasteiger partial charge in [-0.1, -0.05) is 13.0 Å². The highest BCUT2D eigenvalue weighted by atomic mass is 35.5. The van der Waals surface area contributed by atoms with Crippen molar-refractivity contribution in [2.75, 3.05) is 11.1 Å². The van der Waals surface area contributed by atoms with Crippen molar-refractivity contribution >= 4 is 28.9 Å². The van der Waals surface area contributed by atoms with Crippen LogP contribution in [-0.4, -0.2) is 5.91 Å². The van der Waals surface area contributed by atoms with Gasteiger partial charge in [-0.3, -0.25) is 4.79 Å². The Kier molecular flexibility index (Phi) is 3.58. The number of hydrogen-bond donors (Lipinski definition) is 2. The molecule has 3 N–H and O–H groups in total. The van der Waals surface area contributed by atoms with E-state index in [2.05, 4.69) is 5.32 Å². The Morgan fingerprint density at radius 3 is 2.78 bits per heavy atom. The van der Waals surface area contributed by atoms with Crippen LogP contribution in [-0.2, 0) is 6.42 Å². The minimum atomic E-state index is -0.322. The molecule has 1 aromatic heterocycles. The minimum Gasteiger partial charge on any atom is -0.452 e. The molecule has 4 nitrogen and oxygen atoms in total. The van der Waals surface area contributed by atoms with Gasteiger partial charge >= 0.3 is 0 Å². The van der Waals surface area contributed by atoms with Crippen molar-refractivity contribution in [1.82, 2.24) is 0 Å². The Labute approximate surface area is 110 Å². The lowest BCUT2D eigenvalue weighted by molar-refractivity contribution is 0.102. The molecule has 0 fully saturated rings. The van der Waals surface area contributed by atoms with Crippen LogP contribution in [0.5, 0.6) is 0 Å². The number of amides is 1. The van der Waals surface area contributed by atoms with Gasteiger partial charge in [-0.25, -0.2) is 0 Å². The zero-order valence-electron chi connectivity index (χ0n) is 9.87. The van der Waals surface area contributed by atoms with Crippen molar-refractivity contribution < 1.29 is 9.21 Å². The second-order valence-corrected chi connectivity index (χ2v) is 4.17. The third-order valence-electron chi connectivity index (χ3n) is 2.65.